The molecule has 2 aliphatic heterocycles. The van der Waals surface area contributed by atoms with Crippen molar-refractivity contribution < 1.29 is 19.4 Å². The number of aromatic nitrogens is 2. The number of nitrogens with one attached hydrogen (secondary N) is 1. The Morgan fingerprint density at radius 2 is 2.06 bits per heavy atom. The lowest BCUT2D eigenvalue weighted by molar-refractivity contribution is -0.142. The van der Waals surface area contributed by atoms with Crippen LogP contribution in [0.25, 0.3) is 10.2 Å². The van der Waals surface area contributed by atoms with Crippen molar-refractivity contribution in [2.24, 2.45) is 5.92 Å². The van der Waals surface area contributed by atoms with E-state index < -0.39 is 5.97 Å². The number of anilines is 2. The largest absolute Gasteiger partial charge is 0.481 e. The van der Waals surface area contributed by atoms with Crippen LogP contribution in [0.5, 0.6) is 11.5 Å². The van der Waals surface area contributed by atoms with Gasteiger partial charge in [-0.1, -0.05) is 6.07 Å². The van der Waals surface area contributed by atoms with Gasteiger partial charge in [-0.15, -0.1) is 11.3 Å². The van der Waals surface area contributed by atoms with Crippen LogP contribution in [-0.2, 0) is 11.2 Å². The molecular formula is C22H24N4O4S. The predicted octanol–water partition coefficient (Wildman–Crippen LogP) is 3.68. The number of carboxylic acid groups (broad SMARTS) is 1. The van der Waals surface area contributed by atoms with Gasteiger partial charge in [0.15, 0.2) is 11.5 Å². The van der Waals surface area contributed by atoms with Crippen LogP contribution in [0.2, 0.25) is 0 Å². The number of fused-ring (bicyclic) bond motifs is 2. The van der Waals surface area contributed by atoms with Crippen LogP contribution in [-0.4, -0.2) is 47.5 Å². The average molecular weight is 441 g/mol. The van der Waals surface area contributed by atoms with E-state index in [4.69, 9.17) is 19.4 Å². The number of hydrogen-bond acceptors (Lipinski definition) is 8. The number of carboxylic acids is 1. The molecule has 0 saturated carbocycles. The maximum absolute atomic E-state index is 11.3. The number of hydrogen-bond donors (Lipinski definition) is 2. The third-order valence-electron chi connectivity index (χ3n) is 5.88. The number of benzene rings is 1. The van der Waals surface area contributed by atoms with Gasteiger partial charge in [-0.25, -0.2) is 4.98 Å². The van der Waals surface area contributed by atoms with Crippen molar-refractivity contribution in [1.29, 1.82) is 0 Å². The Labute approximate surface area is 183 Å². The minimum Gasteiger partial charge on any atom is -0.481 e. The van der Waals surface area contributed by atoms with Gasteiger partial charge >= 0.3 is 5.97 Å². The normalized spacial score (nSPS) is 16.1. The molecular weight excluding hydrogens is 416 g/mol. The second-order valence-corrected chi connectivity index (χ2v) is 8.79. The lowest BCUT2D eigenvalue weighted by Crippen LogP contribution is -2.37. The number of carbonyl (C=O) groups is 1. The van der Waals surface area contributed by atoms with Gasteiger partial charge in [0.1, 0.15) is 10.6 Å². The summed E-state index contributed by atoms with van der Waals surface area (Å²) < 4.78 is 10.8. The summed E-state index contributed by atoms with van der Waals surface area (Å²) in [7, 11) is 0. The zero-order chi connectivity index (χ0) is 21.4. The number of aryl methyl sites for hydroxylation is 1. The molecule has 0 bridgehead atoms. The highest BCUT2D eigenvalue weighted by Crippen LogP contribution is 2.34. The minimum atomic E-state index is -0.712. The lowest BCUT2D eigenvalue weighted by atomic mass is 9.97. The van der Waals surface area contributed by atoms with E-state index in [0.29, 0.717) is 31.9 Å². The summed E-state index contributed by atoms with van der Waals surface area (Å²) >= 11 is 1.61. The molecule has 8 nitrogen and oxygen atoms in total. The summed E-state index contributed by atoms with van der Waals surface area (Å²) in [6, 6.07) is 6.02. The van der Waals surface area contributed by atoms with Gasteiger partial charge in [-0.05, 0) is 54.8 Å². The molecule has 2 aromatic heterocycles. The highest BCUT2D eigenvalue weighted by molar-refractivity contribution is 7.17. The second kappa shape index (κ2) is 8.22. The summed E-state index contributed by atoms with van der Waals surface area (Å²) in [6.07, 6.45) is 2.06. The fourth-order valence-corrected chi connectivity index (χ4v) is 5.01. The standard InChI is InChI=1S/C22H24N4O4S/c1-13-11-31-20-18(13)19(23-7-4-14-2-3-16-17(10-14)30-12-29-16)24-22(25-20)26-8-5-15(6-9-26)21(27)28/h2-3,10-11,15H,4-9,12H2,1H3,(H,27,28)(H,23,24,25). The number of nitrogens with zero attached hydrogens (tertiary/aromatic N) is 3. The Bertz CT molecular complexity index is 1120. The van der Waals surface area contributed by atoms with E-state index in [1.165, 1.54) is 5.56 Å². The van der Waals surface area contributed by atoms with Crippen molar-refractivity contribution in [2.75, 3.05) is 36.6 Å². The van der Waals surface area contributed by atoms with Gasteiger partial charge in [-0.2, -0.15) is 4.98 Å². The number of piperidine rings is 1. The summed E-state index contributed by atoms with van der Waals surface area (Å²) in [5.41, 5.74) is 2.32. The molecule has 162 valence electrons. The number of thiophene rings is 1. The molecule has 2 aliphatic rings. The Kier molecular flexibility index (Phi) is 5.27. The first-order valence-corrected chi connectivity index (χ1v) is 11.3. The van der Waals surface area contributed by atoms with Gasteiger partial charge in [-0.3, -0.25) is 4.79 Å². The first kappa shape index (κ1) is 19.9. The van der Waals surface area contributed by atoms with Crippen LogP contribution in [0, 0.1) is 12.8 Å². The summed E-state index contributed by atoms with van der Waals surface area (Å²) in [6.45, 7) is 4.39. The number of ether oxygens (including phenoxy) is 2. The Morgan fingerprint density at radius 3 is 2.87 bits per heavy atom. The number of aliphatic carboxylic acids is 1. The van der Waals surface area contributed by atoms with Crippen molar-refractivity contribution in [3.05, 3.63) is 34.7 Å². The molecule has 0 unspecified atom stereocenters. The quantitative estimate of drug-likeness (QED) is 0.599. The maximum atomic E-state index is 11.3. The molecule has 9 heteroatoms. The van der Waals surface area contributed by atoms with E-state index in [0.717, 1.165) is 46.1 Å². The van der Waals surface area contributed by atoms with Crippen LogP contribution in [0.15, 0.2) is 23.6 Å². The van der Waals surface area contributed by atoms with Crippen LogP contribution < -0.4 is 19.7 Å². The first-order chi connectivity index (χ1) is 15.1. The Balaban J connectivity index is 1.32. The third-order valence-corrected chi connectivity index (χ3v) is 6.87. The maximum Gasteiger partial charge on any atom is 0.306 e. The summed E-state index contributed by atoms with van der Waals surface area (Å²) in [4.78, 5) is 23.9. The monoisotopic (exact) mass is 440 g/mol. The predicted molar refractivity (Wildman–Crippen MR) is 119 cm³/mol. The van der Waals surface area contributed by atoms with Gasteiger partial charge in [0.2, 0.25) is 12.7 Å². The van der Waals surface area contributed by atoms with E-state index in [2.05, 4.69) is 28.6 Å². The van der Waals surface area contributed by atoms with Crippen molar-refractivity contribution >= 4 is 39.3 Å². The molecule has 0 spiro atoms. The Morgan fingerprint density at radius 1 is 1.26 bits per heavy atom. The molecule has 5 rings (SSSR count). The topological polar surface area (TPSA) is 96.8 Å². The van der Waals surface area contributed by atoms with E-state index in [9.17, 15) is 9.90 Å². The molecule has 2 N–H and O–H groups in total. The molecule has 0 aliphatic carbocycles. The van der Waals surface area contributed by atoms with Crippen LogP contribution in [0.4, 0.5) is 11.8 Å². The fraction of sp³-hybridized carbons (Fsp3) is 0.409. The van der Waals surface area contributed by atoms with E-state index >= 15 is 0 Å². The van der Waals surface area contributed by atoms with Crippen molar-refractivity contribution in [3.63, 3.8) is 0 Å². The fourth-order valence-electron chi connectivity index (χ4n) is 4.09. The van der Waals surface area contributed by atoms with Gasteiger partial charge in [0.05, 0.1) is 11.3 Å². The van der Waals surface area contributed by atoms with Crippen molar-refractivity contribution in [2.45, 2.75) is 26.2 Å². The highest BCUT2D eigenvalue weighted by atomic mass is 32.1. The molecule has 4 heterocycles. The van der Waals surface area contributed by atoms with Crippen molar-refractivity contribution in [1.82, 2.24) is 9.97 Å². The first-order valence-electron chi connectivity index (χ1n) is 10.4. The van der Waals surface area contributed by atoms with E-state index in [-0.39, 0.29) is 12.7 Å². The van der Waals surface area contributed by atoms with Crippen LogP contribution >= 0.6 is 11.3 Å². The highest BCUT2D eigenvalue weighted by Gasteiger charge is 2.26. The van der Waals surface area contributed by atoms with Gasteiger partial charge < -0.3 is 24.8 Å². The lowest BCUT2D eigenvalue weighted by Gasteiger charge is -2.30. The molecule has 31 heavy (non-hydrogen) atoms. The zero-order valence-electron chi connectivity index (χ0n) is 17.3. The molecule has 3 aromatic rings. The molecule has 0 radical (unpaired) electrons. The molecule has 0 amide bonds. The van der Waals surface area contributed by atoms with Crippen LogP contribution in [0.1, 0.15) is 24.0 Å². The molecule has 0 atom stereocenters. The van der Waals surface area contributed by atoms with Gasteiger partial charge in [0, 0.05) is 19.6 Å². The molecule has 1 aromatic carbocycles. The van der Waals surface area contributed by atoms with Crippen molar-refractivity contribution in [3.8, 4) is 11.5 Å². The third kappa shape index (κ3) is 3.97. The number of rotatable bonds is 6. The second-order valence-electron chi connectivity index (χ2n) is 7.94. The minimum absolute atomic E-state index is 0.275. The average Bonchev–Trinajstić information content (AvgIpc) is 3.40. The Hall–Kier alpha value is -3.07. The zero-order valence-corrected chi connectivity index (χ0v) is 18.1. The SMILES string of the molecule is Cc1csc2nc(N3CCC(C(=O)O)CC3)nc(NCCc3ccc4c(c3)OCO4)c12. The summed E-state index contributed by atoms with van der Waals surface area (Å²) in [5, 5.41) is 15.9. The van der Waals surface area contributed by atoms with Crippen LogP contribution in [0.3, 0.4) is 0 Å². The van der Waals surface area contributed by atoms with E-state index in [1.807, 2.05) is 12.1 Å². The smallest absolute Gasteiger partial charge is 0.306 e. The summed E-state index contributed by atoms with van der Waals surface area (Å²) in [5.74, 6) is 2.10. The van der Waals surface area contributed by atoms with Gasteiger partial charge in [0.25, 0.3) is 0 Å². The van der Waals surface area contributed by atoms with E-state index in [1.54, 1.807) is 11.3 Å². The molecule has 1 saturated heterocycles. The molecule has 1 fully saturated rings.